The van der Waals surface area contributed by atoms with E-state index in [2.05, 4.69) is 16.0 Å². The molecule has 1 atom stereocenters. The number of ether oxygens (including phenoxy) is 1. The number of hydrogen-bond acceptors (Lipinski definition) is 7. The minimum absolute atomic E-state index is 0.0941. The first kappa shape index (κ1) is 29.2. The first-order chi connectivity index (χ1) is 17.3. The topological polar surface area (TPSA) is 151 Å². The van der Waals surface area contributed by atoms with E-state index < -0.39 is 41.0 Å². The van der Waals surface area contributed by atoms with Crippen molar-refractivity contribution < 1.29 is 33.5 Å². The third-order valence-corrected chi connectivity index (χ3v) is 5.37. The summed E-state index contributed by atoms with van der Waals surface area (Å²) in [5, 5.41) is 7.76. The van der Waals surface area contributed by atoms with Gasteiger partial charge in [-0.1, -0.05) is 26.0 Å². The van der Waals surface area contributed by atoms with Crippen LogP contribution in [0.25, 0.3) is 0 Å². The third kappa shape index (κ3) is 9.17. The van der Waals surface area contributed by atoms with Crippen LogP contribution in [0.2, 0.25) is 0 Å². The summed E-state index contributed by atoms with van der Waals surface area (Å²) in [7, 11) is 0. The average Bonchev–Trinajstić information content (AvgIpc) is 3.15. The molecule has 0 aromatic heterocycles. The fraction of sp³-hybridized carbons (Fsp3) is 0.462. The molecule has 0 bridgehead atoms. The first-order valence-corrected chi connectivity index (χ1v) is 11.9. The van der Waals surface area contributed by atoms with Crippen LogP contribution in [0.15, 0.2) is 36.4 Å². The molecular weight excluding hydrogens is 480 g/mol. The fourth-order valence-corrected chi connectivity index (χ4v) is 3.18. The van der Waals surface area contributed by atoms with E-state index in [1.54, 1.807) is 58.9 Å². The lowest BCUT2D eigenvalue weighted by molar-refractivity contribution is -0.154. The molecule has 1 aliphatic rings. The Morgan fingerprint density at radius 3 is 2.08 bits per heavy atom. The predicted octanol–water partition coefficient (Wildman–Crippen LogP) is 1.29. The van der Waals surface area contributed by atoms with Crippen LogP contribution in [0.5, 0.6) is 0 Å². The van der Waals surface area contributed by atoms with Crippen LogP contribution in [-0.4, -0.2) is 59.5 Å². The molecule has 1 aromatic rings. The molecule has 0 fully saturated rings. The van der Waals surface area contributed by atoms with Crippen molar-refractivity contribution in [2.24, 2.45) is 11.3 Å². The lowest BCUT2D eigenvalue weighted by Gasteiger charge is -2.22. The highest BCUT2D eigenvalue weighted by Crippen LogP contribution is 2.17. The summed E-state index contributed by atoms with van der Waals surface area (Å²) in [6.07, 6.45) is 2.12. The number of nitrogens with one attached hydrogen (secondary N) is 3. The molecular formula is C26H34N4O7. The van der Waals surface area contributed by atoms with E-state index in [0.717, 1.165) is 22.6 Å². The molecule has 11 nitrogen and oxygen atoms in total. The molecule has 1 heterocycles. The Labute approximate surface area is 216 Å². The molecule has 0 spiro atoms. The maximum Gasteiger partial charge on any atom is 0.311 e. The molecule has 1 unspecified atom stereocenters. The van der Waals surface area contributed by atoms with Gasteiger partial charge in [0.05, 0.1) is 12.0 Å². The summed E-state index contributed by atoms with van der Waals surface area (Å²) >= 11 is 0. The van der Waals surface area contributed by atoms with Gasteiger partial charge in [-0.3, -0.25) is 33.7 Å². The number of carbonyl (C=O) groups is 6. The second-order valence-electron chi connectivity index (χ2n) is 9.99. The number of anilines is 1. The highest BCUT2D eigenvalue weighted by atomic mass is 16.5. The molecule has 3 N–H and O–H groups in total. The van der Waals surface area contributed by atoms with E-state index >= 15 is 0 Å². The van der Waals surface area contributed by atoms with Gasteiger partial charge in [-0.05, 0) is 44.4 Å². The van der Waals surface area contributed by atoms with E-state index in [1.807, 2.05) is 0 Å². The molecule has 2 rings (SSSR count). The lowest BCUT2D eigenvalue weighted by atomic mass is 9.97. The summed E-state index contributed by atoms with van der Waals surface area (Å²) in [4.78, 5) is 73.2. The molecule has 0 aliphatic carbocycles. The minimum atomic E-state index is -0.904. The molecule has 11 heteroatoms. The zero-order valence-electron chi connectivity index (χ0n) is 21.8. The van der Waals surface area contributed by atoms with E-state index in [-0.39, 0.29) is 38.0 Å². The SMILES string of the molecule is CC(C)C(NC(=O)CCN1C(=O)C=CC1=O)C(=O)NCC(=O)Nc1ccc(COC(=O)C(C)(C)C)cc1. The molecule has 1 aliphatic heterocycles. The number of imide groups is 1. The van der Waals surface area contributed by atoms with Crippen molar-refractivity contribution in [3.8, 4) is 0 Å². The Kier molecular flexibility index (Phi) is 10.1. The molecule has 200 valence electrons. The summed E-state index contributed by atoms with van der Waals surface area (Å²) in [6.45, 7) is 8.49. The second-order valence-corrected chi connectivity index (χ2v) is 9.99. The standard InChI is InChI=1S/C26H34N4O7/c1-16(2)23(29-19(31)12-13-30-21(33)10-11-22(30)34)24(35)27-14-20(32)28-18-8-6-17(7-9-18)15-37-25(36)26(3,4)5/h6-11,16,23H,12-15H2,1-5H3,(H,27,35)(H,28,32)(H,29,31). The average molecular weight is 515 g/mol. The number of esters is 1. The Morgan fingerprint density at radius 1 is 0.946 bits per heavy atom. The van der Waals surface area contributed by atoms with Crippen LogP contribution in [-0.2, 0) is 40.1 Å². The normalized spacial score (nSPS) is 13.9. The summed E-state index contributed by atoms with van der Waals surface area (Å²) < 4.78 is 5.26. The highest BCUT2D eigenvalue weighted by molar-refractivity contribution is 6.13. The van der Waals surface area contributed by atoms with Gasteiger partial charge in [0.15, 0.2) is 0 Å². The maximum absolute atomic E-state index is 12.6. The molecule has 37 heavy (non-hydrogen) atoms. The van der Waals surface area contributed by atoms with Crippen molar-refractivity contribution in [1.29, 1.82) is 0 Å². The van der Waals surface area contributed by atoms with E-state index in [4.69, 9.17) is 4.74 Å². The number of nitrogens with zero attached hydrogens (tertiary/aromatic N) is 1. The quantitative estimate of drug-likeness (QED) is 0.297. The van der Waals surface area contributed by atoms with Crippen molar-refractivity contribution in [3.63, 3.8) is 0 Å². The van der Waals surface area contributed by atoms with Gasteiger partial charge in [-0.15, -0.1) is 0 Å². The third-order valence-electron chi connectivity index (χ3n) is 5.37. The Bertz CT molecular complexity index is 1050. The van der Waals surface area contributed by atoms with Crippen LogP contribution in [0.4, 0.5) is 5.69 Å². The molecule has 0 saturated carbocycles. The number of carbonyl (C=O) groups excluding carboxylic acids is 6. The van der Waals surface area contributed by atoms with Gasteiger partial charge in [0.1, 0.15) is 12.6 Å². The van der Waals surface area contributed by atoms with E-state index in [9.17, 15) is 28.8 Å². The van der Waals surface area contributed by atoms with Gasteiger partial charge in [-0.2, -0.15) is 0 Å². The van der Waals surface area contributed by atoms with Gasteiger partial charge in [0.25, 0.3) is 11.8 Å². The van der Waals surface area contributed by atoms with Crippen LogP contribution in [0, 0.1) is 11.3 Å². The minimum Gasteiger partial charge on any atom is -0.460 e. The largest absolute Gasteiger partial charge is 0.460 e. The summed E-state index contributed by atoms with van der Waals surface area (Å²) in [5.41, 5.74) is 0.663. The van der Waals surface area contributed by atoms with Crippen molar-refractivity contribution in [2.75, 3.05) is 18.4 Å². The van der Waals surface area contributed by atoms with Gasteiger partial charge >= 0.3 is 5.97 Å². The van der Waals surface area contributed by atoms with Crippen molar-refractivity contribution in [3.05, 3.63) is 42.0 Å². The molecule has 1 aromatic carbocycles. The fourth-order valence-electron chi connectivity index (χ4n) is 3.18. The number of benzene rings is 1. The van der Waals surface area contributed by atoms with Crippen LogP contribution >= 0.6 is 0 Å². The van der Waals surface area contributed by atoms with Gasteiger partial charge in [0.2, 0.25) is 17.7 Å². The van der Waals surface area contributed by atoms with E-state index in [1.165, 1.54) is 0 Å². The van der Waals surface area contributed by atoms with Crippen molar-refractivity contribution in [2.45, 2.75) is 53.7 Å². The Balaban J connectivity index is 1.79. The number of hydrogen-bond donors (Lipinski definition) is 3. The van der Waals surface area contributed by atoms with Gasteiger partial charge in [0, 0.05) is 30.8 Å². The van der Waals surface area contributed by atoms with Crippen LogP contribution in [0.1, 0.15) is 46.6 Å². The molecule has 0 saturated heterocycles. The molecule has 5 amide bonds. The zero-order valence-corrected chi connectivity index (χ0v) is 21.8. The summed E-state index contributed by atoms with van der Waals surface area (Å²) in [5.74, 6) is -3.06. The lowest BCUT2D eigenvalue weighted by Crippen LogP contribution is -2.51. The van der Waals surface area contributed by atoms with Gasteiger partial charge in [-0.25, -0.2) is 0 Å². The number of amides is 5. The molecule has 0 radical (unpaired) electrons. The zero-order chi connectivity index (χ0) is 27.8. The summed E-state index contributed by atoms with van der Waals surface area (Å²) in [6, 6.07) is 5.84. The Hall–Kier alpha value is -4.02. The predicted molar refractivity (Wildman–Crippen MR) is 135 cm³/mol. The monoisotopic (exact) mass is 514 g/mol. The smallest absolute Gasteiger partial charge is 0.311 e. The van der Waals surface area contributed by atoms with Crippen molar-refractivity contribution in [1.82, 2.24) is 15.5 Å². The van der Waals surface area contributed by atoms with Crippen molar-refractivity contribution >= 4 is 41.2 Å². The maximum atomic E-state index is 12.6. The van der Waals surface area contributed by atoms with Gasteiger partial charge < -0.3 is 20.7 Å². The van der Waals surface area contributed by atoms with Crippen LogP contribution < -0.4 is 16.0 Å². The number of rotatable bonds is 11. The first-order valence-electron chi connectivity index (χ1n) is 11.9. The van der Waals surface area contributed by atoms with E-state index in [0.29, 0.717) is 5.69 Å². The highest BCUT2D eigenvalue weighted by Gasteiger charge is 2.27. The second kappa shape index (κ2) is 12.8. The Morgan fingerprint density at radius 2 is 1.54 bits per heavy atom. The van der Waals surface area contributed by atoms with Crippen LogP contribution in [0.3, 0.4) is 0 Å².